The summed E-state index contributed by atoms with van der Waals surface area (Å²) in [5.74, 6) is 1.30. The summed E-state index contributed by atoms with van der Waals surface area (Å²) in [6.07, 6.45) is 0. The van der Waals surface area contributed by atoms with Gasteiger partial charge in [-0.05, 0) is 47.9 Å². The molecule has 3 aromatic carbocycles. The van der Waals surface area contributed by atoms with Gasteiger partial charge in [0.05, 0.1) is 7.11 Å². The smallest absolute Gasteiger partial charge is 0.160 e. The summed E-state index contributed by atoms with van der Waals surface area (Å²) in [4.78, 5) is 5.04. The van der Waals surface area contributed by atoms with Crippen LogP contribution >= 0.6 is 0 Å². The summed E-state index contributed by atoms with van der Waals surface area (Å²) >= 11 is 0. The van der Waals surface area contributed by atoms with Gasteiger partial charge in [-0.1, -0.05) is 42.5 Å². The number of methoxy groups -OCH3 is 1. The lowest BCUT2D eigenvalue weighted by Crippen LogP contribution is -2.61. The highest BCUT2D eigenvalue weighted by atomic mass is 16.5. The van der Waals surface area contributed by atoms with Gasteiger partial charge in [-0.15, -0.1) is 0 Å². The molecule has 2 aliphatic heterocycles. The Morgan fingerprint density at radius 3 is 2.38 bits per heavy atom. The minimum atomic E-state index is 0.208. The van der Waals surface area contributed by atoms with Crippen molar-refractivity contribution in [1.82, 2.24) is 4.90 Å². The summed E-state index contributed by atoms with van der Waals surface area (Å²) < 4.78 is 5.20. The first kappa shape index (κ1) is 20.7. The van der Waals surface area contributed by atoms with E-state index in [1.165, 1.54) is 11.4 Å². The zero-order valence-electron chi connectivity index (χ0n) is 18.6. The molecular weight excluding hydrogens is 398 g/mol. The average molecular weight is 430 g/mol. The van der Waals surface area contributed by atoms with Crippen LogP contribution in [-0.4, -0.2) is 49.8 Å². The quantitative estimate of drug-likeness (QED) is 0.581. The Hall–Kier alpha value is -3.18. The first-order valence-electron chi connectivity index (χ1n) is 11.3. The molecule has 166 valence electrons. The van der Waals surface area contributed by atoms with Gasteiger partial charge in [0.1, 0.15) is 0 Å². The number of hydrogen-bond donors (Lipinski definition) is 2. The molecule has 2 heterocycles. The van der Waals surface area contributed by atoms with Crippen LogP contribution in [0.1, 0.15) is 5.56 Å². The molecule has 5 heteroatoms. The predicted molar refractivity (Wildman–Crippen MR) is 129 cm³/mol. The minimum absolute atomic E-state index is 0.208. The molecule has 5 nitrogen and oxygen atoms in total. The minimum Gasteiger partial charge on any atom is -0.504 e. The summed E-state index contributed by atoms with van der Waals surface area (Å²) in [7, 11) is 1.58. The van der Waals surface area contributed by atoms with E-state index in [0.29, 0.717) is 11.7 Å². The Morgan fingerprint density at radius 1 is 0.969 bits per heavy atom. The zero-order chi connectivity index (χ0) is 22.0. The van der Waals surface area contributed by atoms with E-state index in [1.807, 2.05) is 12.1 Å². The molecule has 3 aromatic rings. The van der Waals surface area contributed by atoms with Crippen molar-refractivity contribution >= 4 is 11.4 Å². The number of benzene rings is 3. The van der Waals surface area contributed by atoms with Gasteiger partial charge < -0.3 is 20.1 Å². The number of anilines is 2. The molecule has 0 radical (unpaired) electrons. The number of hydrogen-bond acceptors (Lipinski definition) is 5. The third-order valence-electron chi connectivity index (χ3n) is 6.99. The number of nitrogens with zero attached hydrogens (tertiary/aromatic N) is 2. The van der Waals surface area contributed by atoms with Crippen LogP contribution in [0.4, 0.5) is 11.4 Å². The monoisotopic (exact) mass is 429 g/mol. The molecule has 1 spiro atoms. The van der Waals surface area contributed by atoms with Gasteiger partial charge in [0.2, 0.25) is 0 Å². The number of phenolic OH excluding ortho intramolecular Hbond substituents is 1. The van der Waals surface area contributed by atoms with Crippen LogP contribution in [0.25, 0.3) is 0 Å². The fourth-order valence-corrected chi connectivity index (χ4v) is 5.33. The summed E-state index contributed by atoms with van der Waals surface area (Å²) in [5.41, 5.74) is 3.90. The van der Waals surface area contributed by atoms with Crippen LogP contribution in [-0.2, 0) is 6.54 Å². The van der Waals surface area contributed by atoms with Gasteiger partial charge >= 0.3 is 0 Å². The van der Waals surface area contributed by atoms with Gasteiger partial charge in [-0.3, -0.25) is 4.90 Å². The highest BCUT2D eigenvalue weighted by molar-refractivity contribution is 5.50. The largest absolute Gasteiger partial charge is 0.504 e. The Balaban J connectivity index is 1.30. The van der Waals surface area contributed by atoms with E-state index in [0.717, 1.165) is 44.8 Å². The average Bonchev–Trinajstić information content (AvgIpc) is 3.16. The van der Waals surface area contributed by atoms with E-state index < -0.39 is 0 Å². The molecule has 2 fully saturated rings. The molecule has 1 atom stereocenters. The first-order chi connectivity index (χ1) is 15.6. The number of nitrogens with one attached hydrogen (secondary N) is 1. The van der Waals surface area contributed by atoms with Crippen molar-refractivity contribution in [2.75, 3.05) is 50.1 Å². The van der Waals surface area contributed by atoms with Gasteiger partial charge in [-0.25, -0.2) is 0 Å². The maximum Gasteiger partial charge on any atom is 0.160 e. The van der Waals surface area contributed by atoms with Crippen molar-refractivity contribution in [2.45, 2.75) is 6.54 Å². The fourth-order valence-electron chi connectivity index (χ4n) is 5.33. The predicted octanol–water partition coefficient (Wildman–Crippen LogP) is 4.45. The van der Waals surface area contributed by atoms with Crippen LogP contribution in [0, 0.1) is 11.3 Å². The van der Waals surface area contributed by atoms with Gasteiger partial charge in [0, 0.05) is 56.1 Å². The Bertz CT molecular complexity index is 1040. The van der Waals surface area contributed by atoms with E-state index in [9.17, 15) is 5.11 Å². The highest BCUT2D eigenvalue weighted by Crippen LogP contribution is 2.46. The Kier molecular flexibility index (Phi) is 5.66. The van der Waals surface area contributed by atoms with Crippen molar-refractivity contribution in [3.63, 3.8) is 0 Å². The summed E-state index contributed by atoms with van der Waals surface area (Å²) in [6, 6.07) is 26.9. The molecule has 2 aliphatic rings. The van der Waals surface area contributed by atoms with Crippen LogP contribution in [0.15, 0.2) is 78.9 Å². The second-order valence-corrected chi connectivity index (χ2v) is 9.17. The summed E-state index contributed by atoms with van der Waals surface area (Å²) in [6.45, 7) is 6.11. The van der Waals surface area contributed by atoms with E-state index in [2.05, 4.69) is 81.8 Å². The molecule has 0 amide bonds. The SMILES string of the molecule is COc1ccc(CN2CC(CNc3ccccc3)C3(C2)CN(c2ccccc2)C3)cc1O. The lowest BCUT2D eigenvalue weighted by atomic mass is 9.71. The van der Waals surface area contributed by atoms with E-state index >= 15 is 0 Å². The van der Waals surface area contributed by atoms with E-state index in [4.69, 9.17) is 4.74 Å². The van der Waals surface area contributed by atoms with Gasteiger partial charge in [-0.2, -0.15) is 0 Å². The molecule has 2 saturated heterocycles. The van der Waals surface area contributed by atoms with Crippen molar-refractivity contribution in [1.29, 1.82) is 0 Å². The third-order valence-corrected chi connectivity index (χ3v) is 6.99. The normalized spacial score (nSPS) is 19.7. The first-order valence-corrected chi connectivity index (χ1v) is 11.3. The van der Waals surface area contributed by atoms with Gasteiger partial charge in [0.25, 0.3) is 0 Å². The second kappa shape index (κ2) is 8.75. The maximum absolute atomic E-state index is 10.2. The van der Waals surface area contributed by atoms with Gasteiger partial charge in [0.15, 0.2) is 11.5 Å². The molecule has 0 aromatic heterocycles. The standard InChI is InChI=1S/C27H31N3O2/c1-32-26-13-12-21(14-25(26)31)16-29-17-22(15-28-23-8-4-2-5-9-23)27(18-29)19-30(20-27)24-10-6-3-7-11-24/h2-14,22,28,31H,15-20H2,1H3. The topological polar surface area (TPSA) is 48.0 Å². The lowest BCUT2D eigenvalue weighted by Gasteiger charge is -2.52. The fraction of sp³-hybridized carbons (Fsp3) is 0.333. The molecule has 5 rings (SSSR count). The second-order valence-electron chi connectivity index (χ2n) is 9.17. The number of phenols is 1. The molecule has 0 aliphatic carbocycles. The van der Waals surface area contributed by atoms with Crippen molar-refractivity contribution in [2.24, 2.45) is 11.3 Å². The van der Waals surface area contributed by atoms with Crippen LogP contribution < -0.4 is 15.0 Å². The van der Waals surface area contributed by atoms with Crippen molar-refractivity contribution < 1.29 is 9.84 Å². The summed E-state index contributed by atoms with van der Waals surface area (Å²) in [5, 5.41) is 13.9. The molecule has 1 unspecified atom stereocenters. The number of para-hydroxylation sites is 2. The highest BCUT2D eigenvalue weighted by Gasteiger charge is 2.53. The number of rotatable bonds is 7. The number of ether oxygens (including phenoxy) is 1. The molecule has 0 bridgehead atoms. The Morgan fingerprint density at radius 2 is 1.69 bits per heavy atom. The molecule has 2 N–H and O–H groups in total. The third kappa shape index (κ3) is 4.13. The number of aromatic hydroxyl groups is 1. The zero-order valence-corrected chi connectivity index (χ0v) is 18.6. The molecule has 32 heavy (non-hydrogen) atoms. The van der Waals surface area contributed by atoms with Crippen molar-refractivity contribution in [3.05, 3.63) is 84.4 Å². The van der Waals surface area contributed by atoms with E-state index in [-0.39, 0.29) is 11.2 Å². The van der Waals surface area contributed by atoms with Crippen molar-refractivity contribution in [3.8, 4) is 11.5 Å². The van der Waals surface area contributed by atoms with Crippen LogP contribution in [0.3, 0.4) is 0 Å². The van der Waals surface area contributed by atoms with Crippen LogP contribution in [0.2, 0.25) is 0 Å². The number of likely N-dealkylation sites (tertiary alicyclic amines) is 1. The van der Waals surface area contributed by atoms with Crippen LogP contribution in [0.5, 0.6) is 11.5 Å². The maximum atomic E-state index is 10.2. The molecule has 0 saturated carbocycles. The lowest BCUT2D eigenvalue weighted by molar-refractivity contribution is 0.162. The molecular formula is C27H31N3O2. The van der Waals surface area contributed by atoms with E-state index in [1.54, 1.807) is 7.11 Å². The Labute approximate surface area is 190 Å².